The van der Waals surface area contributed by atoms with Crippen LogP contribution in [-0.4, -0.2) is 99.9 Å². The summed E-state index contributed by atoms with van der Waals surface area (Å²) >= 11 is 12.4. The Balaban J connectivity index is 0.000000184. The number of piperazine rings is 1. The zero-order chi connectivity index (χ0) is 53.7. The van der Waals surface area contributed by atoms with Crippen LogP contribution in [0.4, 0.5) is 51.8 Å². The van der Waals surface area contributed by atoms with E-state index in [9.17, 15) is 43.2 Å². The lowest BCUT2D eigenvalue weighted by Crippen LogP contribution is -2.51. The van der Waals surface area contributed by atoms with Gasteiger partial charge in [-0.05, 0) is 57.3 Å². The second kappa shape index (κ2) is 20.6. The van der Waals surface area contributed by atoms with Gasteiger partial charge in [-0.25, -0.2) is 22.5 Å². The van der Waals surface area contributed by atoms with Gasteiger partial charge < -0.3 is 34.8 Å². The molecule has 2 amide bonds. The summed E-state index contributed by atoms with van der Waals surface area (Å²) in [4.78, 5) is 72.7. The van der Waals surface area contributed by atoms with Crippen LogP contribution < -0.4 is 52.8 Å². The molecule has 0 radical (unpaired) electrons. The maximum absolute atomic E-state index is 15.5. The molecule has 3 aliphatic rings. The number of aliphatic hydroxyl groups is 1. The average Bonchev–Trinajstić information content (AvgIpc) is 3.36. The minimum absolute atomic E-state index is 0.0158. The van der Waals surface area contributed by atoms with E-state index in [2.05, 4.69) is 31.6 Å². The van der Waals surface area contributed by atoms with Gasteiger partial charge in [-0.1, -0.05) is 40.9 Å². The first-order chi connectivity index (χ1) is 35.7. The van der Waals surface area contributed by atoms with Crippen LogP contribution in [0.1, 0.15) is 39.2 Å². The lowest BCUT2D eigenvalue weighted by molar-refractivity contribution is -0.384. The number of nitrogens with one attached hydrogen (secondary N) is 4. The number of aryl methyl sites for hydroxylation is 1. The lowest BCUT2D eigenvalue weighted by atomic mass is 10.0. The topological polar surface area (TPSA) is 247 Å². The molecule has 4 aromatic carbocycles. The van der Waals surface area contributed by atoms with E-state index in [1.807, 2.05) is 25.8 Å². The number of aliphatic hydroxyl groups excluding tert-OH is 1. The number of β-amino-alcohol motifs (C(OH)–C–C–N with tert-alkyl or cyclic N) is 1. The molecule has 20 nitrogen and oxygen atoms in total. The van der Waals surface area contributed by atoms with E-state index in [-0.39, 0.29) is 80.4 Å². The predicted molar refractivity (Wildman–Crippen MR) is 274 cm³/mol. The predicted octanol–water partition coefficient (Wildman–Crippen LogP) is 6.45. The molecule has 0 spiro atoms. The minimum Gasteiger partial charge on any atom is -0.487 e. The number of benzene rings is 4. The zero-order valence-corrected chi connectivity index (χ0v) is 41.3. The summed E-state index contributed by atoms with van der Waals surface area (Å²) in [7, 11) is 2.00. The van der Waals surface area contributed by atoms with Crippen LogP contribution >= 0.6 is 23.2 Å². The van der Waals surface area contributed by atoms with Gasteiger partial charge in [0, 0.05) is 68.8 Å². The van der Waals surface area contributed by atoms with Gasteiger partial charge in [0.1, 0.15) is 34.9 Å². The van der Waals surface area contributed by atoms with Gasteiger partial charge >= 0.3 is 0 Å². The van der Waals surface area contributed by atoms with Crippen LogP contribution in [0.3, 0.4) is 0 Å². The standard InChI is InChI=1S/C25H20ClF3N6O3.C24H24ClFN6O5/c1-11-2-4-12(5-3-11)32-33-25(38)15-10-35(24-18(29)7-17(28)23(30)31-24)20-14(22(15)37)6-16(27)21(19(20)26)34-8-13(36)9-34;1-13-12-37-23-20-15(10-17(26)21(23)30-7-5-29(2)6-8-30)22(33)16(11-31(13)20)24(34)28-27-18-4-3-14(25)9-19(18)32(35)36/h2-7,10,13,32,36H,8-9H2,1H3,(H2,30,31)(H,33,38);3-4,9-11,13,27H,5-8,12H2,1-2H3,(H,28,34). The highest BCUT2D eigenvalue weighted by atomic mass is 35.5. The molecule has 1 unspecified atom stereocenters. The SMILES string of the molecule is CC1COc2c(N3CCN(C)CC3)c(F)cc3c(=O)c(C(=O)NNc4ccc(Cl)cc4[N+](=O)[O-])cn1c23.Cc1ccc(NNC(=O)c2cn(-c3nc(N)c(F)cc3F)c3c(Cl)c(N4CC(O)C4)c(F)cc3c2=O)cc1. The Bertz CT molecular complexity index is 3610. The van der Waals surface area contributed by atoms with Crippen LogP contribution in [0.5, 0.6) is 5.75 Å². The number of nitro benzene ring substituents is 1. The van der Waals surface area contributed by atoms with E-state index in [1.165, 1.54) is 23.2 Å². The van der Waals surface area contributed by atoms with Crippen molar-refractivity contribution in [3.63, 3.8) is 0 Å². The highest BCUT2D eigenvalue weighted by Gasteiger charge is 2.34. The third-order valence-corrected chi connectivity index (χ3v) is 13.4. The van der Waals surface area contributed by atoms with Crippen molar-refractivity contribution in [1.82, 2.24) is 29.9 Å². The van der Waals surface area contributed by atoms with Crippen LogP contribution in [-0.2, 0) is 0 Å². The van der Waals surface area contributed by atoms with Crippen molar-refractivity contribution in [1.29, 1.82) is 0 Å². The van der Waals surface area contributed by atoms with Crippen molar-refractivity contribution in [2.45, 2.75) is 26.0 Å². The maximum Gasteiger partial charge on any atom is 0.295 e. The number of carbonyl (C=O) groups is 2. The second-order valence-electron chi connectivity index (χ2n) is 18.0. The molecule has 0 saturated carbocycles. The number of hydrogen-bond donors (Lipinski definition) is 6. The molecule has 390 valence electrons. The van der Waals surface area contributed by atoms with E-state index in [0.717, 1.165) is 47.6 Å². The lowest BCUT2D eigenvalue weighted by Gasteiger charge is -2.38. The minimum atomic E-state index is -1.17. The van der Waals surface area contributed by atoms with E-state index >= 15 is 8.78 Å². The molecular formula is C49H44Cl2F4N12O8. The molecule has 0 aliphatic carbocycles. The Morgan fingerprint density at radius 2 is 1.43 bits per heavy atom. The number of ether oxygens (including phenoxy) is 1. The fourth-order valence-corrected chi connectivity index (χ4v) is 9.35. The summed E-state index contributed by atoms with van der Waals surface area (Å²) in [6, 6.07) is 13.1. The Hall–Kier alpha value is -8.19. The van der Waals surface area contributed by atoms with Crippen molar-refractivity contribution >= 4 is 91.1 Å². The number of hydrazine groups is 2. The number of halogens is 6. The molecule has 26 heteroatoms. The van der Waals surface area contributed by atoms with Crippen molar-refractivity contribution in [2.75, 3.05) is 79.3 Å². The first-order valence-corrected chi connectivity index (χ1v) is 23.7. The first kappa shape index (κ1) is 51.7. The molecular weight excluding hydrogens is 1030 g/mol. The Morgan fingerprint density at radius 1 is 0.813 bits per heavy atom. The number of pyridine rings is 3. The van der Waals surface area contributed by atoms with Crippen molar-refractivity contribution in [3.05, 3.63) is 154 Å². The number of nitrogen functional groups attached to an aromatic ring is 1. The number of anilines is 5. The van der Waals surface area contributed by atoms with Crippen LogP contribution in [0.2, 0.25) is 10.0 Å². The second-order valence-corrected chi connectivity index (χ2v) is 18.8. The normalized spacial score (nSPS) is 15.4. The van der Waals surface area contributed by atoms with E-state index < -0.39 is 74.2 Å². The summed E-state index contributed by atoms with van der Waals surface area (Å²) in [5, 5.41) is 20.5. The summed E-state index contributed by atoms with van der Waals surface area (Å²) in [6.07, 6.45) is 1.68. The van der Waals surface area contributed by atoms with E-state index in [0.29, 0.717) is 36.0 Å². The molecule has 7 N–H and O–H groups in total. The van der Waals surface area contributed by atoms with E-state index in [1.54, 1.807) is 28.8 Å². The van der Waals surface area contributed by atoms with Crippen LogP contribution in [0.15, 0.2) is 82.6 Å². The van der Waals surface area contributed by atoms with Crippen molar-refractivity contribution < 1.29 is 41.9 Å². The smallest absolute Gasteiger partial charge is 0.295 e. The Labute approximate surface area is 431 Å². The molecule has 3 aromatic heterocycles. The third kappa shape index (κ3) is 9.99. The number of rotatable bonds is 10. The van der Waals surface area contributed by atoms with Gasteiger partial charge in [0.05, 0.1) is 55.3 Å². The fourth-order valence-electron chi connectivity index (χ4n) is 8.79. The first-order valence-electron chi connectivity index (χ1n) is 22.9. The van der Waals surface area contributed by atoms with Crippen molar-refractivity contribution in [2.24, 2.45) is 0 Å². The van der Waals surface area contributed by atoms with Crippen LogP contribution in [0.25, 0.3) is 27.6 Å². The maximum atomic E-state index is 15.5. The number of nitrogens with two attached hydrogens (primary N) is 1. The molecule has 2 saturated heterocycles. The van der Waals surface area contributed by atoms with Gasteiger partial charge in [0.15, 0.2) is 34.8 Å². The number of likely N-dealkylation sites (N-methyl/N-ethyl adjacent to an activating group) is 1. The molecule has 1 atom stereocenters. The summed E-state index contributed by atoms with van der Waals surface area (Å²) < 4.78 is 68.1. The number of aromatic nitrogens is 3. The molecule has 3 aliphatic heterocycles. The number of nitrogens with zero attached hydrogens (tertiary/aromatic N) is 7. The Kier molecular flexibility index (Phi) is 14.2. The monoisotopic (exact) mass is 1070 g/mol. The largest absolute Gasteiger partial charge is 0.487 e. The molecule has 7 aromatic rings. The van der Waals surface area contributed by atoms with Crippen LogP contribution in [0, 0.1) is 40.3 Å². The number of carbonyl (C=O) groups excluding carboxylic acids is 2. The van der Waals surface area contributed by atoms with Gasteiger partial charge in [-0.3, -0.25) is 55.6 Å². The highest BCUT2D eigenvalue weighted by Crippen LogP contribution is 2.43. The molecule has 10 rings (SSSR count). The number of amides is 2. The molecule has 75 heavy (non-hydrogen) atoms. The van der Waals surface area contributed by atoms with E-state index in [4.69, 9.17) is 33.7 Å². The molecule has 0 bridgehead atoms. The number of fused-ring (bicyclic) bond motifs is 1. The van der Waals surface area contributed by atoms with Gasteiger partial charge in [-0.15, -0.1) is 0 Å². The average molecular weight is 1080 g/mol. The number of nitro groups is 1. The fraction of sp³-hybridized carbons (Fsp3) is 0.245. The van der Waals surface area contributed by atoms with Gasteiger partial charge in [0.2, 0.25) is 10.9 Å². The van der Waals surface area contributed by atoms with Gasteiger partial charge in [-0.2, -0.15) is 0 Å². The Morgan fingerprint density at radius 3 is 2.07 bits per heavy atom. The molecule has 2 fully saturated rings. The third-order valence-electron chi connectivity index (χ3n) is 12.8. The van der Waals surface area contributed by atoms with Crippen molar-refractivity contribution in [3.8, 4) is 11.6 Å². The zero-order valence-electron chi connectivity index (χ0n) is 39.8. The van der Waals surface area contributed by atoms with Gasteiger partial charge in [0.25, 0.3) is 17.5 Å². The number of hydrogen-bond acceptors (Lipinski definition) is 15. The summed E-state index contributed by atoms with van der Waals surface area (Å²) in [5.74, 6) is -6.47. The molecule has 6 heterocycles. The summed E-state index contributed by atoms with van der Waals surface area (Å²) in [6.45, 7) is 6.87. The summed E-state index contributed by atoms with van der Waals surface area (Å²) in [5.41, 5.74) is 14.6. The highest BCUT2D eigenvalue weighted by molar-refractivity contribution is 6.38. The quantitative estimate of drug-likeness (QED) is 0.0490.